The van der Waals surface area contributed by atoms with Gasteiger partial charge >= 0.3 is 0 Å². The first-order chi connectivity index (χ1) is 11.6. The van der Waals surface area contributed by atoms with Crippen LogP contribution in [-0.2, 0) is 5.75 Å². The zero-order valence-electron chi connectivity index (χ0n) is 13.1. The molecule has 124 valence electrons. The van der Waals surface area contributed by atoms with E-state index in [1.54, 1.807) is 16.8 Å². The fourth-order valence-electron chi connectivity index (χ4n) is 2.51. The fourth-order valence-corrected chi connectivity index (χ4v) is 3.38. The first kappa shape index (κ1) is 15.2. The van der Waals surface area contributed by atoms with Gasteiger partial charge in [-0.1, -0.05) is 16.9 Å². The highest BCUT2D eigenvalue weighted by Gasteiger charge is 2.30. The molecule has 0 spiro atoms. The van der Waals surface area contributed by atoms with Crippen LogP contribution >= 0.6 is 11.8 Å². The van der Waals surface area contributed by atoms with Gasteiger partial charge in [-0.05, 0) is 44.0 Å². The van der Waals surface area contributed by atoms with Crippen molar-refractivity contribution in [1.29, 1.82) is 0 Å². The molecule has 8 heteroatoms. The summed E-state index contributed by atoms with van der Waals surface area (Å²) in [5, 5.41) is 13.1. The average Bonchev–Trinajstić information content (AvgIpc) is 3.26. The smallest absolute Gasteiger partial charge is 0.210 e. The Morgan fingerprint density at radius 2 is 2.04 bits per heavy atom. The van der Waals surface area contributed by atoms with E-state index < -0.39 is 0 Å². The second-order valence-corrected chi connectivity index (χ2v) is 6.81. The van der Waals surface area contributed by atoms with Gasteiger partial charge in [0.2, 0.25) is 5.16 Å². The maximum absolute atomic E-state index is 13.0. The van der Waals surface area contributed by atoms with Crippen LogP contribution in [0.15, 0.2) is 33.9 Å². The number of thioether (sulfide) groups is 1. The summed E-state index contributed by atoms with van der Waals surface area (Å²) in [6, 6.07) is 6.17. The Hall–Kier alpha value is -2.35. The van der Waals surface area contributed by atoms with Crippen LogP contribution in [0.4, 0.5) is 4.39 Å². The van der Waals surface area contributed by atoms with Gasteiger partial charge in [-0.2, -0.15) is 0 Å². The lowest BCUT2D eigenvalue weighted by molar-refractivity contribution is 0.426. The van der Waals surface area contributed by atoms with E-state index in [1.165, 1.54) is 23.9 Å². The molecule has 0 atom stereocenters. The molecule has 1 aliphatic carbocycles. The maximum atomic E-state index is 13.0. The van der Waals surface area contributed by atoms with Gasteiger partial charge in [0.25, 0.3) is 0 Å². The quantitative estimate of drug-likeness (QED) is 0.564. The maximum Gasteiger partial charge on any atom is 0.210 e. The molecule has 0 amide bonds. The van der Waals surface area contributed by atoms with E-state index in [9.17, 15) is 4.39 Å². The number of nitrogens with two attached hydrogens (primary N) is 1. The minimum absolute atomic E-state index is 0.277. The Balaban J connectivity index is 1.50. The lowest BCUT2D eigenvalue weighted by Gasteiger charge is -2.02. The predicted octanol–water partition coefficient (Wildman–Crippen LogP) is 3.26. The van der Waals surface area contributed by atoms with Crippen LogP contribution in [-0.4, -0.2) is 20.0 Å². The highest BCUT2D eigenvalue weighted by atomic mass is 32.2. The first-order valence-corrected chi connectivity index (χ1v) is 8.66. The molecule has 0 radical (unpaired) electrons. The summed E-state index contributed by atoms with van der Waals surface area (Å²) >= 11 is 1.47. The van der Waals surface area contributed by atoms with Crippen molar-refractivity contribution in [3.05, 3.63) is 47.2 Å². The number of halogens is 1. The van der Waals surface area contributed by atoms with Crippen LogP contribution in [0, 0.1) is 12.7 Å². The molecule has 1 saturated carbocycles. The molecule has 0 aliphatic heterocycles. The Morgan fingerprint density at radius 1 is 1.29 bits per heavy atom. The molecule has 3 aromatic rings. The van der Waals surface area contributed by atoms with Crippen molar-refractivity contribution in [2.24, 2.45) is 0 Å². The molecule has 1 aliphatic rings. The van der Waals surface area contributed by atoms with Crippen LogP contribution in [0.1, 0.15) is 35.8 Å². The monoisotopic (exact) mass is 345 g/mol. The summed E-state index contributed by atoms with van der Waals surface area (Å²) in [6.07, 6.45) is 2.26. The third kappa shape index (κ3) is 2.77. The van der Waals surface area contributed by atoms with Gasteiger partial charge in [-0.25, -0.2) is 9.07 Å². The number of hydrogen-bond acceptors (Lipinski definition) is 6. The second kappa shape index (κ2) is 5.94. The molecule has 4 rings (SSSR count). The number of hydrogen-bond donors (Lipinski definition) is 1. The van der Waals surface area contributed by atoms with Gasteiger partial charge in [-0.15, -0.1) is 10.2 Å². The van der Waals surface area contributed by atoms with Crippen LogP contribution in [0.25, 0.3) is 11.3 Å². The number of aromatic nitrogens is 4. The summed E-state index contributed by atoms with van der Waals surface area (Å²) < 4.78 is 20.0. The average molecular weight is 345 g/mol. The zero-order chi connectivity index (χ0) is 16.7. The SMILES string of the molecule is Cc1c(CSc2nnc(C3CC3)n2N)noc1-c1ccc(F)cc1. The van der Waals surface area contributed by atoms with Gasteiger partial charge in [0.05, 0.1) is 5.69 Å². The molecule has 0 saturated heterocycles. The van der Waals surface area contributed by atoms with Crippen molar-refractivity contribution in [2.45, 2.75) is 36.6 Å². The van der Waals surface area contributed by atoms with E-state index in [0.717, 1.165) is 35.5 Å². The van der Waals surface area contributed by atoms with Crippen molar-refractivity contribution in [3.8, 4) is 11.3 Å². The summed E-state index contributed by atoms with van der Waals surface area (Å²) in [7, 11) is 0. The molecule has 1 fully saturated rings. The first-order valence-electron chi connectivity index (χ1n) is 7.67. The largest absolute Gasteiger partial charge is 0.356 e. The molecule has 0 unspecified atom stereocenters. The van der Waals surface area contributed by atoms with E-state index in [1.807, 2.05) is 6.92 Å². The number of nitrogen functional groups attached to an aromatic ring is 1. The molecule has 2 aromatic heterocycles. The van der Waals surface area contributed by atoms with Crippen LogP contribution < -0.4 is 5.84 Å². The number of nitrogens with zero attached hydrogens (tertiary/aromatic N) is 4. The Bertz CT molecular complexity index is 869. The summed E-state index contributed by atoms with van der Waals surface area (Å²) in [5.41, 5.74) is 2.55. The molecule has 0 bridgehead atoms. The van der Waals surface area contributed by atoms with Gasteiger partial charge in [0.1, 0.15) is 5.82 Å². The standard InChI is InChI=1S/C16H16FN5OS/c1-9-13(21-23-14(9)10-4-6-12(17)7-5-10)8-24-16-20-19-15(22(16)18)11-2-3-11/h4-7,11H,2-3,8,18H2,1H3. The second-order valence-electron chi connectivity index (χ2n) is 5.86. The molecular formula is C16H16FN5OS. The summed E-state index contributed by atoms with van der Waals surface area (Å²) in [6.45, 7) is 1.94. The molecular weight excluding hydrogens is 329 g/mol. The normalized spacial score (nSPS) is 14.2. The van der Waals surface area contributed by atoms with Crippen molar-refractivity contribution in [3.63, 3.8) is 0 Å². The van der Waals surface area contributed by atoms with Gasteiger partial charge in [-0.3, -0.25) is 0 Å². The zero-order valence-corrected chi connectivity index (χ0v) is 13.9. The molecule has 24 heavy (non-hydrogen) atoms. The number of rotatable bonds is 5. The minimum Gasteiger partial charge on any atom is -0.356 e. The van der Waals surface area contributed by atoms with Crippen molar-refractivity contribution in [1.82, 2.24) is 20.0 Å². The van der Waals surface area contributed by atoms with E-state index in [4.69, 9.17) is 10.4 Å². The third-order valence-electron chi connectivity index (χ3n) is 4.10. The molecule has 2 N–H and O–H groups in total. The Labute approximate surface area is 142 Å². The Kier molecular flexibility index (Phi) is 3.76. The topological polar surface area (TPSA) is 82.8 Å². The highest BCUT2D eigenvalue weighted by molar-refractivity contribution is 7.98. The lowest BCUT2D eigenvalue weighted by atomic mass is 10.1. The van der Waals surface area contributed by atoms with E-state index in [0.29, 0.717) is 22.6 Å². The molecule has 2 heterocycles. The van der Waals surface area contributed by atoms with E-state index in [-0.39, 0.29) is 5.82 Å². The summed E-state index contributed by atoms with van der Waals surface area (Å²) in [5.74, 6) is 8.31. The number of benzene rings is 1. The van der Waals surface area contributed by atoms with Crippen molar-refractivity contribution < 1.29 is 8.91 Å². The van der Waals surface area contributed by atoms with Crippen LogP contribution in [0.2, 0.25) is 0 Å². The third-order valence-corrected chi connectivity index (χ3v) is 5.05. The van der Waals surface area contributed by atoms with Crippen LogP contribution in [0.5, 0.6) is 0 Å². The van der Waals surface area contributed by atoms with Gasteiger partial charge < -0.3 is 10.4 Å². The van der Waals surface area contributed by atoms with Crippen molar-refractivity contribution in [2.75, 3.05) is 5.84 Å². The highest BCUT2D eigenvalue weighted by Crippen LogP contribution is 2.39. The molecule has 6 nitrogen and oxygen atoms in total. The van der Waals surface area contributed by atoms with E-state index in [2.05, 4.69) is 15.4 Å². The lowest BCUT2D eigenvalue weighted by Crippen LogP contribution is -2.13. The van der Waals surface area contributed by atoms with Crippen molar-refractivity contribution >= 4 is 11.8 Å². The minimum atomic E-state index is -0.277. The fraction of sp³-hybridized carbons (Fsp3) is 0.312. The van der Waals surface area contributed by atoms with E-state index >= 15 is 0 Å². The molecule has 1 aromatic carbocycles. The van der Waals surface area contributed by atoms with Gasteiger partial charge in [0, 0.05) is 22.8 Å². The van der Waals surface area contributed by atoms with Gasteiger partial charge in [0.15, 0.2) is 11.6 Å². The predicted molar refractivity (Wildman–Crippen MR) is 88.3 cm³/mol. The summed E-state index contributed by atoms with van der Waals surface area (Å²) in [4.78, 5) is 0. The Morgan fingerprint density at radius 3 is 2.75 bits per heavy atom. The van der Waals surface area contributed by atoms with Crippen LogP contribution in [0.3, 0.4) is 0 Å².